The maximum Gasteiger partial charge on any atom is 0.220 e. The Morgan fingerprint density at radius 3 is 1.47 bits per heavy atom. The largest absolute Gasteiger partial charge is 0.369 e. The topological polar surface area (TPSA) is 43.1 Å². The van der Waals surface area contributed by atoms with Gasteiger partial charge in [-0.05, 0) is 38.5 Å². The molecule has 0 radical (unpaired) electrons. The van der Waals surface area contributed by atoms with Crippen LogP contribution in [-0.4, -0.2) is 5.91 Å². The minimum Gasteiger partial charge on any atom is -0.369 e. The van der Waals surface area contributed by atoms with E-state index in [9.17, 15) is 4.79 Å². The van der Waals surface area contributed by atoms with Gasteiger partial charge in [0.25, 0.3) is 0 Å². The first-order valence-corrected chi connectivity index (χ1v) is 13.7. The standard InChI is InChI=1S/C30H53NO/c1-3-5-6-7-8-9-10-11-12-13-14-15-16-17-18-19-20-21-22-23-24-25-26-28-29(27-4-2)30(31)32/h8-15,29H,3-7,16-28H2,1-2H3,(H2,31,32)/b9-8+,11-10+,13-12+,15-14+. The van der Waals surface area contributed by atoms with E-state index in [1.165, 1.54) is 89.9 Å². The van der Waals surface area contributed by atoms with Crippen LogP contribution in [0.3, 0.4) is 0 Å². The molecular formula is C30H53NO. The molecule has 0 saturated heterocycles. The van der Waals surface area contributed by atoms with Crippen LogP contribution in [0, 0.1) is 5.92 Å². The van der Waals surface area contributed by atoms with E-state index in [1.54, 1.807) is 0 Å². The van der Waals surface area contributed by atoms with Crippen molar-refractivity contribution < 1.29 is 4.79 Å². The predicted octanol–water partition coefficient (Wildman–Crippen LogP) is 9.37. The molecule has 0 aromatic rings. The molecule has 1 amide bonds. The van der Waals surface area contributed by atoms with Crippen molar-refractivity contribution in [3.8, 4) is 0 Å². The second kappa shape index (κ2) is 25.7. The number of unbranched alkanes of at least 4 members (excludes halogenated alkanes) is 13. The van der Waals surface area contributed by atoms with Gasteiger partial charge in [0.05, 0.1) is 0 Å². The SMILES string of the molecule is CCCCC/C=C/C=C/C=C/C=C/CCCCCCCCCCCCC(CCC)C(N)=O. The molecule has 0 saturated carbocycles. The lowest BCUT2D eigenvalue weighted by Gasteiger charge is -2.11. The lowest BCUT2D eigenvalue weighted by Crippen LogP contribution is -2.23. The molecule has 0 bridgehead atoms. The minimum absolute atomic E-state index is 0.104. The molecule has 0 aliphatic carbocycles. The van der Waals surface area contributed by atoms with Crippen LogP contribution in [0.2, 0.25) is 0 Å². The Morgan fingerprint density at radius 1 is 0.562 bits per heavy atom. The molecule has 2 heteroatoms. The van der Waals surface area contributed by atoms with Crippen molar-refractivity contribution in [1.82, 2.24) is 0 Å². The molecule has 0 spiro atoms. The van der Waals surface area contributed by atoms with Gasteiger partial charge in [0.2, 0.25) is 5.91 Å². The average Bonchev–Trinajstić information content (AvgIpc) is 2.78. The maximum atomic E-state index is 11.4. The second-order valence-corrected chi connectivity index (χ2v) is 9.12. The van der Waals surface area contributed by atoms with Crippen molar-refractivity contribution in [3.05, 3.63) is 48.6 Å². The van der Waals surface area contributed by atoms with Gasteiger partial charge in [0.15, 0.2) is 0 Å². The van der Waals surface area contributed by atoms with Gasteiger partial charge >= 0.3 is 0 Å². The van der Waals surface area contributed by atoms with Gasteiger partial charge in [-0.15, -0.1) is 0 Å². The van der Waals surface area contributed by atoms with Gasteiger partial charge in [-0.25, -0.2) is 0 Å². The number of hydrogen-bond acceptors (Lipinski definition) is 1. The fourth-order valence-electron chi connectivity index (χ4n) is 3.96. The number of carbonyl (C=O) groups is 1. The van der Waals surface area contributed by atoms with E-state index in [4.69, 9.17) is 5.73 Å². The fraction of sp³-hybridized carbons (Fsp3) is 0.700. The van der Waals surface area contributed by atoms with Crippen LogP contribution in [0.25, 0.3) is 0 Å². The molecule has 0 rings (SSSR count). The fourth-order valence-corrected chi connectivity index (χ4v) is 3.96. The number of nitrogens with two attached hydrogens (primary N) is 1. The summed E-state index contributed by atoms with van der Waals surface area (Å²) >= 11 is 0. The Morgan fingerprint density at radius 2 is 1.00 bits per heavy atom. The Kier molecular flexibility index (Phi) is 24.4. The van der Waals surface area contributed by atoms with Gasteiger partial charge in [0.1, 0.15) is 0 Å². The van der Waals surface area contributed by atoms with Crippen molar-refractivity contribution in [1.29, 1.82) is 0 Å². The number of carbonyl (C=O) groups excluding carboxylic acids is 1. The third-order valence-electron chi connectivity index (χ3n) is 6.01. The summed E-state index contributed by atoms with van der Waals surface area (Å²) < 4.78 is 0. The summed E-state index contributed by atoms with van der Waals surface area (Å²) in [5, 5.41) is 0. The van der Waals surface area contributed by atoms with E-state index < -0.39 is 0 Å². The van der Waals surface area contributed by atoms with Crippen molar-refractivity contribution in [3.63, 3.8) is 0 Å². The Hall–Kier alpha value is -1.57. The van der Waals surface area contributed by atoms with E-state index in [1.807, 2.05) is 0 Å². The number of rotatable bonds is 23. The Bertz CT molecular complexity index is 515. The first-order valence-electron chi connectivity index (χ1n) is 13.7. The monoisotopic (exact) mass is 443 g/mol. The summed E-state index contributed by atoms with van der Waals surface area (Å²) in [5.41, 5.74) is 5.47. The maximum absolute atomic E-state index is 11.4. The van der Waals surface area contributed by atoms with Crippen LogP contribution in [0.15, 0.2) is 48.6 Å². The highest BCUT2D eigenvalue weighted by Gasteiger charge is 2.12. The number of hydrogen-bond donors (Lipinski definition) is 1. The second-order valence-electron chi connectivity index (χ2n) is 9.12. The molecule has 0 aliphatic rings. The highest BCUT2D eigenvalue weighted by atomic mass is 16.1. The van der Waals surface area contributed by atoms with E-state index in [0.717, 1.165) is 25.7 Å². The highest BCUT2D eigenvalue weighted by Crippen LogP contribution is 2.17. The van der Waals surface area contributed by atoms with Crippen molar-refractivity contribution in [2.45, 2.75) is 129 Å². The zero-order valence-corrected chi connectivity index (χ0v) is 21.4. The molecular weight excluding hydrogens is 390 g/mol. The molecule has 184 valence electrons. The Balaban J connectivity index is 3.39. The summed E-state index contributed by atoms with van der Waals surface area (Å²) in [6.07, 6.45) is 39.8. The van der Waals surface area contributed by atoms with Gasteiger partial charge in [0, 0.05) is 5.92 Å². The zero-order chi connectivity index (χ0) is 23.5. The summed E-state index contributed by atoms with van der Waals surface area (Å²) in [6, 6.07) is 0. The van der Waals surface area contributed by atoms with Crippen LogP contribution in [0.1, 0.15) is 129 Å². The van der Waals surface area contributed by atoms with Crippen LogP contribution < -0.4 is 5.73 Å². The number of allylic oxidation sites excluding steroid dienone is 8. The summed E-state index contributed by atoms with van der Waals surface area (Å²) in [5.74, 6) is 0.00227. The normalized spacial score (nSPS) is 13.3. The lowest BCUT2D eigenvalue weighted by atomic mass is 9.95. The average molecular weight is 444 g/mol. The van der Waals surface area contributed by atoms with Crippen LogP contribution in [0.4, 0.5) is 0 Å². The molecule has 1 unspecified atom stereocenters. The van der Waals surface area contributed by atoms with Crippen molar-refractivity contribution >= 4 is 5.91 Å². The molecule has 0 aromatic heterocycles. The summed E-state index contributed by atoms with van der Waals surface area (Å²) in [4.78, 5) is 11.4. The Labute approximate surface area is 200 Å². The third kappa shape index (κ3) is 23.1. The highest BCUT2D eigenvalue weighted by molar-refractivity contribution is 5.76. The quantitative estimate of drug-likeness (QED) is 0.124. The number of primary amides is 1. The zero-order valence-electron chi connectivity index (χ0n) is 21.4. The summed E-state index contributed by atoms with van der Waals surface area (Å²) in [7, 11) is 0. The van der Waals surface area contributed by atoms with E-state index in [0.29, 0.717) is 0 Å². The molecule has 0 heterocycles. The van der Waals surface area contributed by atoms with Crippen LogP contribution in [0.5, 0.6) is 0 Å². The van der Waals surface area contributed by atoms with Crippen LogP contribution >= 0.6 is 0 Å². The lowest BCUT2D eigenvalue weighted by molar-refractivity contribution is -0.122. The van der Waals surface area contributed by atoms with Crippen molar-refractivity contribution in [2.24, 2.45) is 11.7 Å². The van der Waals surface area contributed by atoms with E-state index in [2.05, 4.69) is 62.5 Å². The first kappa shape index (κ1) is 30.4. The minimum atomic E-state index is -0.104. The van der Waals surface area contributed by atoms with Gasteiger partial charge in [-0.3, -0.25) is 4.79 Å². The smallest absolute Gasteiger partial charge is 0.220 e. The molecule has 2 N–H and O–H groups in total. The predicted molar refractivity (Wildman–Crippen MR) is 144 cm³/mol. The van der Waals surface area contributed by atoms with Gasteiger partial charge < -0.3 is 5.73 Å². The number of amides is 1. The van der Waals surface area contributed by atoms with Gasteiger partial charge in [-0.1, -0.05) is 140 Å². The molecule has 1 atom stereocenters. The van der Waals surface area contributed by atoms with Crippen molar-refractivity contribution in [2.75, 3.05) is 0 Å². The molecule has 2 nitrogen and oxygen atoms in total. The van der Waals surface area contributed by atoms with Gasteiger partial charge in [-0.2, -0.15) is 0 Å². The molecule has 32 heavy (non-hydrogen) atoms. The first-order chi connectivity index (χ1) is 15.7. The molecule has 0 aromatic carbocycles. The van der Waals surface area contributed by atoms with Crippen LogP contribution in [-0.2, 0) is 4.79 Å². The molecule has 0 fully saturated rings. The molecule has 0 aliphatic heterocycles. The third-order valence-corrected chi connectivity index (χ3v) is 6.01. The van der Waals surface area contributed by atoms with E-state index >= 15 is 0 Å². The summed E-state index contributed by atoms with van der Waals surface area (Å²) in [6.45, 7) is 4.37. The van der Waals surface area contributed by atoms with E-state index in [-0.39, 0.29) is 11.8 Å².